The van der Waals surface area contributed by atoms with Gasteiger partial charge in [-0.2, -0.15) is 11.8 Å². The molecule has 0 unspecified atom stereocenters. The van der Waals surface area contributed by atoms with Crippen molar-refractivity contribution in [3.8, 4) is 5.75 Å². The lowest BCUT2D eigenvalue weighted by Crippen LogP contribution is -2.13. The van der Waals surface area contributed by atoms with E-state index in [2.05, 4.69) is 6.07 Å². The number of hydrogen-bond acceptors (Lipinski definition) is 5. The number of rotatable bonds is 8. The second-order valence-corrected chi connectivity index (χ2v) is 6.58. The van der Waals surface area contributed by atoms with Gasteiger partial charge in [0.2, 0.25) is 0 Å². The maximum atomic E-state index is 11.4. The Hall–Kier alpha value is -1.20. The number of thioether (sulfide) groups is 1. The van der Waals surface area contributed by atoms with Gasteiger partial charge in [-0.3, -0.25) is 4.79 Å². The molecule has 21 heavy (non-hydrogen) atoms. The average Bonchev–Trinajstić information content (AvgIpc) is 3.26. The van der Waals surface area contributed by atoms with Crippen molar-refractivity contribution in [1.29, 1.82) is 0 Å². The Balaban J connectivity index is 1.90. The van der Waals surface area contributed by atoms with E-state index in [1.807, 2.05) is 23.9 Å². The SMILES string of the molecule is COC(=O)CC1(CSCc2cc(CN)ccc2OC)CC1. The quantitative estimate of drug-likeness (QED) is 0.748. The van der Waals surface area contributed by atoms with Crippen molar-refractivity contribution in [1.82, 2.24) is 0 Å². The fourth-order valence-corrected chi connectivity index (χ4v) is 3.75. The number of nitrogens with two attached hydrogens (primary N) is 1. The first-order chi connectivity index (χ1) is 10.1. The molecule has 1 aliphatic carbocycles. The monoisotopic (exact) mass is 309 g/mol. The van der Waals surface area contributed by atoms with Crippen LogP contribution in [0.2, 0.25) is 0 Å². The van der Waals surface area contributed by atoms with E-state index < -0.39 is 0 Å². The molecule has 0 saturated heterocycles. The van der Waals surface area contributed by atoms with Gasteiger partial charge in [-0.25, -0.2) is 0 Å². The second kappa shape index (κ2) is 7.18. The van der Waals surface area contributed by atoms with Gasteiger partial charge in [0.05, 0.1) is 20.6 Å². The standard InChI is InChI=1S/C16H23NO3S/c1-19-14-4-3-12(9-17)7-13(14)10-21-11-16(5-6-16)8-15(18)20-2/h3-4,7H,5-6,8-11,17H2,1-2H3. The summed E-state index contributed by atoms with van der Waals surface area (Å²) in [5.41, 5.74) is 8.13. The molecule has 1 aliphatic rings. The average molecular weight is 309 g/mol. The van der Waals surface area contributed by atoms with Gasteiger partial charge in [-0.1, -0.05) is 6.07 Å². The molecule has 4 nitrogen and oxygen atoms in total. The topological polar surface area (TPSA) is 61.5 Å². The molecule has 1 aromatic rings. The van der Waals surface area contributed by atoms with E-state index >= 15 is 0 Å². The van der Waals surface area contributed by atoms with Crippen LogP contribution in [0.25, 0.3) is 0 Å². The minimum atomic E-state index is -0.101. The fourth-order valence-electron chi connectivity index (χ4n) is 2.38. The number of carbonyl (C=O) groups excluding carboxylic acids is 1. The number of ether oxygens (including phenoxy) is 2. The highest BCUT2D eigenvalue weighted by Crippen LogP contribution is 2.51. The van der Waals surface area contributed by atoms with Crippen LogP contribution in [0, 0.1) is 5.41 Å². The molecule has 0 heterocycles. The van der Waals surface area contributed by atoms with E-state index in [9.17, 15) is 4.79 Å². The number of hydrogen-bond donors (Lipinski definition) is 1. The summed E-state index contributed by atoms with van der Waals surface area (Å²) < 4.78 is 10.2. The van der Waals surface area contributed by atoms with E-state index in [1.165, 1.54) is 12.7 Å². The number of carbonyl (C=O) groups is 1. The van der Waals surface area contributed by atoms with E-state index in [0.29, 0.717) is 13.0 Å². The molecule has 0 radical (unpaired) electrons. The Labute approximate surface area is 130 Å². The molecule has 0 atom stereocenters. The van der Waals surface area contributed by atoms with Crippen LogP contribution in [0.15, 0.2) is 18.2 Å². The lowest BCUT2D eigenvalue weighted by atomic mass is 10.1. The summed E-state index contributed by atoms with van der Waals surface area (Å²) in [4.78, 5) is 11.4. The molecule has 0 bridgehead atoms. The normalized spacial score (nSPS) is 15.6. The predicted octanol–water partition coefficient (Wildman–Crippen LogP) is 2.73. The van der Waals surface area contributed by atoms with Crippen LogP contribution in [-0.2, 0) is 21.8 Å². The third-order valence-corrected chi connectivity index (χ3v) is 5.28. The van der Waals surface area contributed by atoms with Crippen molar-refractivity contribution in [2.75, 3.05) is 20.0 Å². The van der Waals surface area contributed by atoms with Crippen LogP contribution < -0.4 is 10.5 Å². The highest BCUT2D eigenvalue weighted by Gasteiger charge is 2.44. The van der Waals surface area contributed by atoms with E-state index in [4.69, 9.17) is 15.2 Å². The number of esters is 1. The highest BCUT2D eigenvalue weighted by atomic mass is 32.2. The van der Waals surface area contributed by atoms with Crippen molar-refractivity contribution in [3.05, 3.63) is 29.3 Å². The third kappa shape index (κ3) is 4.38. The van der Waals surface area contributed by atoms with Crippen LogP contribution in [0.1, 0.15) is 30.4 Å². The molecule has 5 heteroatoms. The molecule has 0 aromatic heterocycles. The van der Waals surface area contributed by atoms with Crippen molar-refractivity contribution in [3.63, 3.8) is 0 Å². The van der Waals surface area contributed by atoms with E-state index in [0.717, 1.165) is 35.7 Å². The van der Waals surface area contributed by atoms with Crippen molar-refractivity contribution in [2.45, 2.75) is 31.6 Å². The van der Waals surface area contributed by atoms with Crippen LogP contribution in [0.4, 0.5) is 0 Å². The predicted molar refractivity (Wildman–Crippen MR) is 85.3 cm³/mol. The summed E-state index contributed by atoms with van der Waals surface area (Å²) in [7, 11) is 3.14. The zero-order valence-electron chi connectivity index (χ0n) is 12.7. The molecule has 0 spiro atoms. The summed E-state index contributed by atoms with van der Waals surface area (Å²) in [5.74, 6) is 2.66. The van der Waals surface area contributed by atoms with Crippen molar-refractivity contribution >= 4 is 17.7 Å². The van der Waals surface area contributed by atoms with Crippen molar-refractivity contribution < 1.29 is 14.3 Å². The Morgan fingerprint density at radius 1 is 1.38 bits per heavy atom. The van der Waals surface area contributed by atoms with Gasteiger partial charge in [-0.15, -0.1) is 0 Å². The van der Waals surface area contributed by atoms with Gasteiger partial charge in [0.25, 0.3) is 0 Å². The molecule has 1 saturated carbocycles. The minimum absolute atomic E-state index is 0.101. The third-order valence-electron chi connectivity index (χ3n) is 3.95. The summed E-state index contributed by atoms with van der Waals surface area (Å²) >= 11 is 1.85. The fraction of sp³-hybridized carbons (Fsp3) is 0.562. The second-order valence-electron chi connectivity index (χ2n) is 5.60. The summed E-state index contributed by atoms with van der Waals surface area (Å²) in [6.07, 6.45) is 2.78. The smallest absolute Gasteiger partial charge is 0.306 e. The zero-order chi connectivity index (χ0) is 15.3. The molecule has 116 valence electrons. The Kier molecular flexibility index (Phi) is 5.53. The number of methoxy groups -OCH3 is 2. The van der Waals surface area contributed by atoms with Crippen LogP contribution in [-0.4, -0.2) is 25.9 Å². The first-order valence-corrected chi connectivity index (χ1v) is 8.28. The number of benzene rings is 1. The van der Waals surface area contributed by atoms with Crippen molar-refractivity contribution in [2.24, 2.45) is 11.1 Å². The van der Waals surface area contributed by atoms with Gasteiger partial charge in [-0.05, 0) is 41.7 Å². The maximum Gasteiger partial charge on any atom is 0.306 e. The van der Waals surface area contributed by atoms with Gasteiger partial charge in [0.1, 0.15) is 5.75 Å². The van der Waals surface area contributed by atoms with E-state index in [-0.39, 0.29) is 11.4 Å². The van der Waals surface area contributed by atoms with Gasteiger partial charge in [0.15, 0.2) is 0 Å². The van der Waals surface area contributed by atoms with Gasteiger partial charge in [0, 0.05) is 17.9 Å². The zero-order valence-corrected chi connectivity index (χ0v) is 13.5. The highest BCUT2D eigenvalue weighted by molar-refractivity contribution is 7.98. The lowest BCUT2D eigenvalue weighted by molar-refractivity contribution is -0.141. The molecular weight excluding hydrogens is 286 g/mol. The Morgan fingerprint density at radius 3 is 2.71 bits per heavy atom. The molecule has 2 rings (SSSR count). The lowest BCUT2D eigenvalue weighted by Gasteiger charge is -2.14. The Bertz CT molecular complexity index is 500. The van der Waals surface area contributed by atoms with E-state index in [1.54, 1.807) is 7.11 Å². The largest absolute Gasteiger partial charge is 0.496 e. The maximum absolute atomic E-state index is 11.4. The first-order valence-electron chi connectivity index (χ1n) is 7.13. The van der Waals surface area contributed by atoms with Crippen LogP contribution >= 0.6 is 11.8 Å². The molecule has 0 amide bonds. The van der Waals surface area contributed by atoms with Crippen LogP contribution in [0.5, 0.6) is 5.75 Å². The molecular formula is C16H23NO3S. The summed E-state index contributed by atoms with van der Waals surface area (Å²) in [6, 6.07) is 6.07. The summed E-state index contributed by atoms with van der Waals surface area (Å²) in [5, 5.41) is 0. The minimum Gasteiger partial charge on any atom is -0.496 e. The van der Waals surface area contributed by atoms with Gasteiger partial charge < -0.3 is 15.2 Å². The first kappa shape index (κ1) is 16.2. The summed E-state index contributed by atoms with van der Waals surface area (Å²) in [6.45, 7) is 0.536. The van der Waals surface area contributed by atoms with Gasteiger partial charge >= 0.3 is 5.97 Å². The molecule has 0 aliphatic heterocycles. The Morgan fingerprint density at radius 2 is 2.14 bits per heavy atom. The molecule has 2 N–H and O–H groups in total. The molecule has 1 aromatic carbocycles. The van der Waals surface area contributed by atoms with Crippen LogP contribution in [0.3, 0.4) is 0 Å². The molecule has 1 fully saturated rings.